The Morgan fingerprint density at radius 1 is 1.57 bits per heavy atom. The SMILES string of the molecule is Nc1cc(Cl)cc2c1C=[N+]([O-])C(O)N2. The summed E-state index contributed by atoms with van der Waals surface area (Å²) < 4.78 is 0.382. The molecule has 0 saturated heterocycles. The van der Waals surface area contributed by atoms with E-state index in [9.17, 15) is 10.3 Å². The molecule has 0 fully saturated rings. The van der Waals surface area contributed by atoms with Crippen molar-refractivity contribution in [3.05, 3.63) is 27.9 Å². The number of nitrogens with two attached hydrogens (primary N) is 1. The van der Waals surface area contributed by atoms with Crippen LogP contribution >= 0.6 is 11.6 Å². The summed E-state index contributed by atoms with van der Waals surface area (Å²) in [6.45, 7) is 0. The molecule has 2 rings (SSSR count). The normalized spacial score (nSPS) is 19.6. The van der Waals surface area contributed by atoms with Crippen LogP contribution in [0.5, 0.6) is 0 Å². The molecule has 6 heteroatoms. The van der Waals surface area contributed by atoms with Crippen LogP contribution in [0.2, 0.25) is 5.02 Å². The largest absolute Gasteiger partial charge is 0.620 e. The topological polar surface area (TPSA) is 84.4 Å². The highest BCUT2D eigenvalue weighted by Gasteiger charge is 2.21. The number of rotatable bonds is 0. The predicted octanol–water partition coefficient (Wildman–Crippen LogP) is 0.553. The minimum absolute atomic E-state index is 0.382. The van der Waals surface area contributed by atoms with Crippen molar-refractivity contribution >= 4 is 29.2 Å². The van der Waals surface area contributed by atoms with Crippen molar-refractivity contribution in [1.82, 2.24) is 0 Å². The van der Waals surface area contributed by atoms with Gasteiger partial charge in [0.1, 0.15) is 0 Å². The van der Waals surface area contributed by atoms with Gasteiger partial charge < -0.3 is 21.4 Å². The third kappa shape index (κ3) is 1.36. The first-order valence-electron chi connectivity index (χ1n) is 3.92. The molecule has 1 unspecified atom stereocenters. The lowest BCUT2D eigenvalue weighted by molar-refractivity contribution is -0.539. The second-order valence-corrected chi connectivity index (χ2v) is 3.40. The molecular weight excluding hydrogens is 206 g/mol. The van der Waals surface area contributed by atoms with Gasteiger partial charge in [0.15, 0.2) is 6.21 Å². The summed E-state index contributed by atoms with van der Waals surface area (Å²) in [5.41, 5.74) is 7.13. The zero-order valence-corrected chi connectivity index (χ0v) is 7.82. The van der Waals surface area contributed by atoms with Gasteiger partial charge in [0.05, 0.1) is 11.3 Å². The van der Waals surface area contributed by atoms with E-state index in [1.807, 2.05) is 0 Å². The summed E-state index contributed by atoms with van der Waals surface area (Å²) in [6, 6.07) is 3.14. The zero-order chi connectivity index (χ0) is 10.3. The minimum Gasteiger partial charge on any atom is -0.620 e. The van der Waals surface area contributed by atoms with Gasteiger partial charge in [0, 0.05) is 10.7 Å². The summed E-state index contributed by atoms with van der Waals surface area (Å²) in [5, 5.41) is 23.3. The van der Waals surface area contributed by atoms with E-state index >= 15 is 0 Å². The van der Waals surface area contributed by atoms with Crippen molar-refractivity contribution < 1.29 is 9.85 Å². The molecule has 0 radical (unpaired) electrons. The number of hydroxylamine groups is 1. The first-order chi connectivity index (χ1) is 6.58. The lowest BCUT2D eigenvalue weighted by Crippen LogP contribution is -2.34. The van der Waals surface area contributed by atoms with Crippen LogP contribution in [0.4, 0.5) is 11.4 Å². The van der Waals surface area contributed by atoms with Gasteiger partial charge in [-0.1, -0.05) is 11.6 Å². The van der Waals surface area contributed by atoms with Gasteiger partial charge in [-0.25, -0.2) is 0 Å². The molecule has 4 N–H and O–H groups in total. The van der Waals surface area contributed by atoms with E-state index in [0.29, 0.717) is 26.7 Å². The highest BCUT2D eigenvalue weighted by Crippen LogP contribution is 2.28. The maximum absolute atomic E-state index is 11.1. The van der Waals surface area contributed by atoms with Gasteiger partial charge in [-0.2, -0.15) is 4.74 Å². The fourth-order valence-corrected chi connectivity index (χ4v) is 1.53. The average Bonchev–Trinajstić information content (AvgIpc) is 2.08. The smallest absolute Gasteiger partial charge is 0.348 e. The van der Waals surface area contributed by atoms with Crippen LogP contribution in [0.3, 0.4) is 0 Å². The number of nitrogens with zero attached hydrogens (tertiary/aromatic N) is 1. The number of nitrogen functional groups attached to an aromatic ring is 1. The van der Waals surface area contributed by atoms with Crippen LogP contribution in [0, 0.1) is 5.21 Å². The standard InChI is InChI=1S/C8H8ClN3O2/c9-4-1-6(10)5-3-12(14)8(13)11-7(5)2-4/h1-3,8,11,13H,10H2. The number of aliphatic hydroxyl groups is 1. The maximum atomic E-state index is 11.1. The van der Waals surface area contributed by atoms with Crippen LogP contribution in [-0.4, -0.2) is 22.4 Å². The van der Waals surface area contributed by atoms with Crippen LogP contribution in [-0.2, 0) is 0 Å². The zero-order valence-electron chi connectivity index (χ0n) is 7.07. The molecule has 0 aliphatic carbocycles. The summed E-state index contributed by atoms with van der Waals surface area (Å²) in [4.78, 5) is 0. The van der Waals surface area contributed by atoms with E-state index in [0.717, 1.165) is 0 Å². The number of hydrogen-bond donors (Lipinski definition) is 3. The lowest BCUT2D eigenvalue weighted by atomic mass is 10.1. The third-order valence-corrected chi connectivity index (χ3v) is 2.18. The summed E-state index contributed by atoms with van der Waals surface area (Å²) in [6.07, 6.45) is -0.0670. The van der Waals surface area contributed by atoms with Gasteiger partial charge in [0.2, 0.25) is 0 Å². The molecule has 0 saturated carbocycles. The molecule has 74 valence electrons. The molecule has 0 bridgehead atoms. The van der Waals surface area contributed by atoms with E-state index in [1.54, 1.807) is 12.1 Å². The van der Waals surface area contributed by atoms with Crippen molar-refractivity contribution in [2.45, 2.75) is 6.35 Å². The predicted molar refractivity (Wildman–Crippen MR) is 54.3 cm³/mol. The quantitative estimate of drug-likeness (QED) is 0.334. The Kier molecular flexibility index (Phi) is 1.98. The highest BCUT2D eigenvalue weighted by atomic mass is 35.5. The number of benzene rings is 1. The molecule has 0 aromatic heterocycles. The molecule has 0 amide bonds. The van der Waals surface area contributed by atoms with E-state index in [-0.39, 0.29) is 0 Å². The molecule has 1 aliphatic rings. The van der Waals surface area contributed by atoms with E-state index in [2.05, 4.69) is 5.32 Å². The summed E-state index contributed by atoms with van der Waals surface area (Å²) >= 11 is 5.76. The summed E-state index contributed by atoms with van der Waals surface area (Å²) in [7, 11) is 0. The Balaban J connectivity index is 2.59. The monoisotopic (exact) mass is 213 g/mol. The van der Waals surface area contributed by atoms with Crippen molar-refractivity contribution in [2.75, 3.05) is 11.1 Å². The first-order valence-corrected chi connectivity index (χ1v) is 4.29. The van der Waals surface area contributed by atoms with E-state index < -0.39 is 6.35 Å². The van der Waals surface area contributed by atoms with Crippen molar-refractivity contribution in [2.24, 2.45) is 0 Å². The van der Waals surface area contributed by atoms with Crippen LogP contribution in [0.25, 0.3) is 0 Å². The molecule has 14 heavy (non-hydrogen) atoms. The van der Waals surface area contributed by atoms with Crippen molar-refractivity contribution in [1.29, 1.82) is 0 Å². The number of aliphatic hydroxyl groups excluding tert-OH is 1. The Morgan fingerprint density at radius 2 is 2.29 bits per heavy atom. The fourth-order valence-electron chi connectivity index (χ4n) is 1.30. The maximum Gasteiger partial charge on any atom is 0.348 e. The second kappa shape index (κ2) is 3.04. The fraction of sp³-hybridized carbons (Fsp3) is 0.125. The number of anilines is 2. The highest BCUT2D eigenvalue weighted by molar-refractivity contribution is 6.31. The van der Waals surface area contributed by atoms with Gasteiger partial charge in [-0.3, -0.25) is 0 Å². The molecule has 5 nitrogen and oxygen atoms in total. The van der Waals surface area contributed by atoms with Gasteiger partial charge in [-0.05, 0) is 12.1 Å². The van der Waals surface area contributed by atoms with Gasteiger partial charge in [-0.15, -0.1) is 0 Å². The van der Waals surface area contributed by atoms with Gasteiger partial charge >= 0.3 is 6.35 Å². The summed E-state index contributed by atoms with van der Waals surface area (Å²) in [5.74, 6) is 0. The third-order valence-electron chi connectivity index (χ3n) is 1.96. The van der Waals surface area contributed by atoms with E-state index in [1.165, 1.54) is 6.21 Å². The minimum atomic E-state index is -1.29. The number of hydrogen-bond acceptors (Lipinski definition) is 4. The first kappa shape index (κ1) is 9.11. The van der Waals surface area contributed by atoms with Gasteiger partial charge in [0.25, 0.3) is 0 Å². The van der Waals surface area contributed by atoms with Crippen LogP contribution < -0.4 is 11.1 Å². The van der Waals surface area contributed by atoms with E-state index in [4.69, 9.17) is 17.3 Å². The van der Waals surface area contributed by atoms with Crippen molar-refractivity contribution in [3.8, 4) is 0 Å². The Labute approximate surface area is 85.0 Å². The number of fused-ring (bicyclic) bond motifs is 1. The molecule has 1 aromatic rings. The second-order valence-electron chi connectivity index (χ2n) is 2.96. The Hall–Kier alpha value is -1.46. The average molecular weight is 214 g/mol. The number of halogens is 1. The molecule has 1 aromatic carbocycles. The van der Waals surface area contributed by atoms with Crippen LogP contribution in [0.1, 0.15) is 5.56 Å². The molecule has 1 atom stereocenters. The molecule has 0 spiro atoms. The molecular formula is C8H8ClN3O2. The Bertz CT molecular complexity index is 419. The number of nitrogens with one attached hydrogen (secondary N) is 1. The van der Waals surface area contributed by atoms with Crippen LogP contribution in [0.15, 0.2) is 12.1 Å². The van der Waals surface area contributed by atoms with Crippen molar-refractivity contribution in [3.63, 3.8) is 0 Å². The molecule has 1 aliphatic heterocycles. The lowest BCUT2D eigenvalue weighted by Gasteiger charge is -2.20. The Morgan fingerprint density at radius 3 is 3.00 bits per heavy atom. The molecule has 1 heterocycles.